The van der Waals surface area contributed by atoms with Crippen molar-refractivity contribution in [1.82, 2.24) is 0 Å². The molecule has 0 radical (unpaired) electrons. The molecule has 0 aliphatic heterocycles. The summed E-state index contributed by atoms with van der Waals surface area (Å²) in [6, 6.07) is 16.2. The summed E-state index contributed by atoms with van der Waals surface area (Å²) in [4.78, 5) is 23.5. The van der Waals surface area contributed by atoms with Crippen LogP contribution in [-0.4, -0.2) is 29.1 Å². The standard InChI is InChI=1S/C18H18O4S/c1-22-16-9-5-6-13(11-16)10-15(17(19)20)12-23-18(21)14-7-3-2-4-8-14/h2-9,11,15H,10,12H2,1H3,(H,19,20). The van der Waals surface area contributed by atoms with E-state index < -0.39 is 11.9 Å². The van der Waals surface area contributed by atoms with Crippen LogP contribution < -0.4 is 4.74 Å². The van der Waals surface area contributed by atoms with E-state index >= 15 is 0 Å². The molecule has 2 rings (SSSR count). The second-order valence-corrected chi connectivity index (χ2v) is 6.05. The Kier molecular flexibility index (Phi) is 6.23. The third-order valence-corrected chi connectivity index (χ3v) is 4.46. The minimum atomic E-state index is -0.902. The number of rotatable bonds is 7. The summed E-state index contributed by atoms with van der Waals surface area (Å²) >= 11 is 1.04. The van der Waals surface area contributed by atoms with Gasteiger partial charge in [0.15, 0.2) is 0 Å². The lowest BCUT2D eigenvalue weighted by molar-refractivity contribution is -0.140. The predicted octanol–water partition coefficient (Wildman–Crippen LogP) is 3.51. The van der Waals surface area contributed by atoms with E-state index in [-0.39, 0.29) is 10.9 Å². The number of thioether (sulfide) groups is 1. The maximum absolute atomic E-state index is 12.1. The van der Waals surface area contributed by atoms with Crippen molar-refractivity contribution in [2.24, 2.45) is 5.92 Å². The molecular formula is C18H18O4S. The molecule has 1 unspecified atom stereocenters. The summed E-state index contributed by atoms with van der Waals surface area (Å²) in [7, 11) is 1.57. The number of carbonyl (C=O) groups is 2. The Morgan fingerprint density at radius 2 is 1.87 bits per heavy atom. The van der Waals surface area contributed by atoms with Crippen LogP contribution in [0.1, 0.15) is 15.9 Å². The van der Waals surface area contributed by atoms with Crippen LogP contribution in [0.5, 0.6) is 5.75 Å². The van der Waals surface area contributed by atoms with Crippen molar-refractivity contribution in [3.63, 3.8) is 0 Å². The zero-order chi connectivity index (χ0) is 16.7. The van der Waals surface area contributed by atoms with Crippen LogP contribution in [0.4, 0.5) is 0 Å². The van der Waals surface area contributed by atoms with E-state index in [9.17, 15) is 14.7 Å². The molecule has 0 saturated heterocycles. The molecule has 2 aromatic rings. The largest absolute Gasteiger partial charge is 0.497 e. The van der Waals surface area contributed by atoms with E-state index in [1.54, 1.807) is 31.4 Å². The Balaban J connectivity index is 1.99. The third-order valence-electron chi connectivity index (χ3n) is 3.39. The zero-order valence-corrected chi connectivity index (χ0v) is 13.6. The van der Waals surface area contributed by atoms with E-state index in [0.717, 1.165) is 17.3 Å². The van der Waals surface area contributed by atoms with Gasteiger partial charge in [-0.05, 0) is 24.1 Å². The van der Waals surface area contributed by atoms with Crippen LogP contribution in [-0.2, 0) is 11.2 Å². The van der Waals surface area contributed by atoms with Crippen LogP contribution in [0.2, 0.25) is 0 Å². The molecule has 23 heavy (non-hydrogen) atoms. The molecule has 0 aliphatic rings. The van der Waals surface area contributed by atoms with Crippen molar-refractivity contribution >= 4 is 22.8 Å². The Hall–Kier alpha value is -2.27. The van der Waals surface area contributed by atoms with Gasteiger partial charge in [-0.25, -0.2) is 0 Å². The van der Waals surface area contributed by atoms with Gasteiger partial charge in [-0.2, -0.15) is 0 Å². The maximum Gasteiger partial charge on any atom is 0.307 e. The highest BCUT2D eigenvalue weighted by Crippen LogP contribution is 2.21. The van der Waals surface area contributed by atoms with E-state index in [0.29, 0.717) is 17.7 Å². The molecule has 0 saturated carbocycles. The van der Waals surface area contributed by atoms with Gasteiger partial charge < -0.3 is 9.84 Å². The summed E-state index contributed by atoms with van der Waals surface area (Å²) in [6.45, 7) is 0. The molecule has 0 heterocycles. The number of hydrogen-bond donors (Lipinski definition) is 1. The second-order valence-electron chi connectivity index (χ2n) is 5.06. The Labute approximate surface area is 139 Å². The normalized spacial score (nSPS) is 11.7. The van der Waals surface area contributed by atoms with Crippen LogP contribution in [0.3, 0.4) is 0 Å². The highest BCUT2D eigenvalue weighted by atomic mass is 32.2. The fourth-order valence-electron chi connectivity index (χ4n) is 2.14. The van der Waals surface area contributed by atoms with Crippen molar-refractivity contribution in [3.8, 4) is 5.75 Å². The molecule has 5 heteroatoms. The molecule has 4 nitrogen and oxygen atoms in total. The Morgan fingerprint density at radius 3 is 2.52 bits per heavy atom. The van der Waals surface area contributed by atoms with Crippen molar-refractivity contribution in [2.45, 2.75) is 6.42 Å². The van der Waals surface area contributed by atoms with Crippen LogP contribution in [0.15, 0.2) is 54.6 Å². The molecule has 0 fully saturated rings. The lowest BCUT2D eigenvalue weighted by Crippen LogP contribution is -2.20. The van der Waals surface area contributed by atoms with Crippen molar-refractivity contribution in [1.29, 1.82) is 0 Å². The zero-order valence-electron chi connectivity index (χ0n) is 12.8. The number of carbonyl (C=O) groups excluding carboxylic acids is 1. The van der Waals surface area contributed by atoms with Crippen molar-refractivity contribution in [3.05, 3.63) is 65.7 Å². The van der Waals surface area contributed by atoms with E-state index in [1.165, 1.54) is 0 Å². The summed E-state index contributed by atoms with van der Waals surface area (Å²) in [6.07, 6.45) is 0.363. The number of hydrogen-bond acceptors (Lipinski definition) is 4. The topological polar surface area (TPSA) is 63.6 Å². The lowest BCUT2D eigenvalue weighted by Gasteiger charge is -2.12. The van der Waals surface area contributed by atoms with E-state index in [2.05, 4.69) is 0 Å². The monoisotopic (exact) mass is 330 g/mol. The molecule has 0 bridgehead atoms. The number of benzene rings is 2. The Bertz CT molecular complexity index is 670. The molecular weight excluding hydrogens is 312 g/mol. The number of methoxy groups -OCH3 is 1. The molecule has 0 spiro atoms. The number of carboxylic acids is 1. The van der Waals surface area contributed by atoms with Gasteiger partial charge in [0.05, 0.1) is 13.0 Å². The van der Waals surface area contributed by atoms with E-state index in [4.69, 9.17) is 4.74 Å². The van der Waals surface area contributed by atoms with Crippen LogP contribution in [0, 0.1) is 5.92 Å². The van der Waals surface area contributed by atoms with E-state index in [1.807, 2.05) is 30.3 Å². The predicted molar refractivity (Wildman–Crippen MR) is 91.1 cm³/mol. The summed E-state index contributed by atoms with van der Waals surface area (Å²) in [5.74, 6) is -0.596. The first-order valence-corrected chi connectivity index (χ1v) is 8.16. The van der Waals surface area contributed by atoms with Crippen LogP contribution in [0.25, 0.3) is 0 Å². The quantitative estimate of drug-likeness (QED) is 0.841. The molecule has 0 amide bonds. The SMILES string of the molecule is COc1cccc(CC(CSC(=O)c2ccccc2)C(=O)O)c1. The number of aliphatic carboxylic acids is 1. The van der Waals surface area contributed by atoms with Crippen molar-refractivity contribution in [2.75, 3.05) is 12.9 Å². The van der Waals surface area contributed by atoms with Gasteiger partial charge in [-0.1, -0.05) is 54.2 Å². The third kappa shape index (κ3) is 5.14. The first-order valence-electron chi connectivity index (χ1n) is 7.18. The highest BCUT2D eigenvalue weighted by Gasteiger charge is 2.20. The fraction of sp³-hybridized carbons (Fsp3) is 0.222. The van der Waals surface area contributed by atoms with Gasteiger partial charge in [-0.3, -0.25) is 9.59 Å². The van der Waals surface area contributed by atoms with Gasteiger partial charge in [-0.15, -0.1) is 0 Å². The van der Waals surface area contributed by atoms with Gasteiger partial charge in [0.25, 0.3) is 0 Å². The molecule has 0 aromatic heterocycles. The summed E-state index contributed by atoms with van der Waals surface area (Å²) < 4.78 is 5.15. The first kappa shape index (κ1) is 17.1. The summed E-state index contributed by atoms with van der Waals surface area (Å²) in [5.41, 5.74) is 1.47. The average Bonchev–Trinajstić information content (AvgIpc) is 2.59. The molecule has 1 atom stereocenters. The maximum atomic E-state index is 12.1. The smallest absolute Gasteiger partial charge is 0.307 e. The van der Waals surface area contributed by atoms with Gasteiger partial charge >= 0.3 is 5.97 Å². The summed E-state index contributed by atoms with van der Waals surface area (Å²) in [5, 5.41) is 9.28. The van der Waals surface area contributed by atoms with Crippen molar-refractivity contribution < 1.29 is 19.4 Å². The highest BCUT2D eigenvalue weighted by molar-refractivity contribution is 8.14. The number of carboxylic acid groups (broad SMARTS) is 1. The second kappa shape index (κ2) is 8.39. The average molecular weight is 330 g/mol. The fourth-order valence-corrected chi connectivity index (χ4v) is 3.05. The van der Waals surface area contributed by atoms with Crippen LogP contribution >= 0.6 is 11.8 Å². The lowest BCUT2D eigenvalue weighted by atomic mass is 10.0. The minimum absolute atomic E-state index is 0.109. The van der Waals surface area contributed by atoms with Gasteiger partial charge in [0.2, 0.25) is 5.12 Å². The Morgan fingerprint density at radius 1 is 1.13 bits per heavy atom. The van der Waals surface area contributed by atoms with Gasteiger partial charge in [0.1, 0.15) is 5.75 Å². The molecule has 120 valence electrons. The first-order chi connectivity index (χ1) is 11.1. The molecule has 2 aromatic carbocycles. The number of ether oxygens (including phenoxy) is 1. The van der Waals surface area contributed by atoms with Gasteiger partial charge in [0, 0.05) is 11.3 Å². The molecule has 1 N–H and O–H groups in total. The minimum Gasteiger partial charge on any atom is -0.497 e. The molecule has 0 aliphatic carbocycles.